The zero-order chi connectivity index (χ0) is 17.3. The molecule has 0 atom stereocenters. The minimum absolute atomic E-state index is 0.238. The molecule has 4 nitrogen and oxygen atoms in total. The van der Waals surface area contributed by atoms with Crippen LogP contribution in [0.25, 0.3) is 10.9 Å². The molecule has 0 unspecified atom stereocenters. The van der Waals surface area contributed by atoms with Crippen molar-refractivity contribution in [1.29, 1.82) is 0 Å². The highest BCUT2D eigenvalue weighted by Gasteiger charge is 2.13. The van der Waals surface area contributed by atoms with Gasteiger partial charge in [-0.2, -0.15) is 0 Å². The lowest BCUT2D eigenvalue weighted by Crippen LogP contribution is -1.98. The second-order valence-corrected chi connectivity index (χ2v) is 8.91. The summed E-state index contributed by atoms with van der Waals surface area (Å²) in [5, 5.41) is 2.55. The highest BCUT2D eigenvalue weighted by molar-refractivity contribution is 7.98. The van der Waals surface area contributed by atoms with Gasteiger partial charge >= 0.3 is 0 Å². The van der Waals surface area contributed by atoms with Crippen molar-refractivity contribution in [2.75, 3.05) is 6.26 Å². The molecule has 0 saturated carbocycles. The molecule has 0 saturated heterocycles. The Morgan fingerprint density at radius 3 is 2.46 bits per heavy atom. The van der Waals surface area contributed by atoms with E-state index in [1.807, 2.05) is 0 Å². The van der Waals surface area contributed by atoms with E-state index >= 15 is 0 Å². The van der Waals surface area contributed by atoms with Crippen LogP contribution in [0.4, 0.5) is 0 Å². The summed E-state index contributed by atoms with van der Waals surface area (Å²) in [5.41, 5.74) is 1.50. The second kappa shape index (κ2) is 6.88. The summed E-state index contributed by atoms with van der Waals surface area (Å²) in [7, 11) is -3.30. The number of aromatic nitrogens is 2. The third-order valence-electron chi connectivity index (χ3n) is 3.41. The molecule has 3 rings (SSSR count). The van der Waals surface area contributed by atoms with Gasteiger partial charge in [0, 0.05) is 27.4 Å². The molecule has 2 aromatic carbocycles. The predicted molar refractivity (Wildman–Crippen MR) is 98.7 cm³/mol. The Balaban J connectivity index is 2.00. The highest BCUT2D eigenvalue weighted by Crippen LogP contribution is 2.33. The van der Waals surface area contributed by atoms with Crippen molar-refractivity contribution in [3.05, 3.63) is 58.3 Å². The number of sulfone groups is 1. The van der Waals surface area contributed by atoms with E-state index in [-0.39, 0.29) is 4.90 Å². The van der Waals surface area contributed by atoms with E-state index in [9.17, 15) is 8.42 Å². The zero-order valence-electron chi connectivity index (χ0n) is 12.5. The normalized spacial score (nSPS) is 11.8. The van der Waals surface area contributed by atoms with Gasteiger partial charge < -0.3 is 0 Å². The molecule has 0 aliphatic carbocycles. The fraction of sp³-hybridized carbons (Fsp3) is 0.125. The number of nitrogens with zero attached hydrogens (tertiary/aromatic N) is 2. The van der Waals surface area contributed by atoms with Crippen LogP contribution in [-0.4, -0.2) is 24.6 Å². The van der Waals surface area contributed by atoms with Crippen LogP contribution in [0, 0.1) is 0 Å². The van der Waals surface area contributed by atoms with Gasteiger partial charge in [0.05, 0.1) is 10.4 Å². The molecular weight excluding hydrogens is 387 g/mol. The Hall–Kier alpha value is -1.34. The lowest BCUT2D eigenvalue weighted by molar-refractivity contribution is 0.602. The molecule has 0 spiro atoms. The monoisotopic (exact) mass is 398 g/mol. The summed E-state index contributed by atoms with van der Waals surface area (Å²) in [6.07, 6.45) is 2.63. The van der Waals surface area contributed by atoms with E-state index in [0.717, 1.165) is 5.56 Å². The highest BCUT2D eigenvalue weighted by atomic mass is 35.5. The topological polar surface area (TPSA) is 59.9 Å². The van der Waals surface area contributed by atoms with Crippen molar-refractivity contribution in [3.8, 4) is 0 Å². The number of hydrogen-bond donors (Lipinski definition) is 0. The number of benzene rings is 2. The Kier molecular flexibility index (Phi) is 5.01. The third-order valence-corrected chi connectivity index (χ3v) is 6.26. The molecule has 0 aliphatic heterocycles. The molecule has 124 valence electrons. The molecule has 1 aromatic heterocycles. The Morgan fingerprint density at radius 2 is 1.79 bits per heavy atom. The van der Waals surface area contributed by atoms with Gasteiger partial charge in [-0.1, -0.05) is 29.3 Å². The number of halogens is 2. The summed E-state index contributed by atoms with van der Waals surface area (Å²) >= 11 is 13.8. The Bertz CT molecular complexity index is 1000. The van der Waals surface area contributed by atoms with E-state index < -0.39 is 9.84 Å². The smallest absolute Gasteiger partial charge is 0.175 e. The molecule has 0 N–H and O–H groups in total. The lowest BCUT2D eigenvalue weighted by Gasteiger charge is -2.08. The first-order valence-electron chi connectivity index (χ1n) is 6.87. The van der Waals surface area contributed by atoms with Crippen molar-refractivity contribution in [2.24, 2.45) is 0 Å². The minimum atomic E-state index is -3.30. The van der Waals surface area contributed by atoms with Gasteiger partial charge in [0.1, 0.15) is 11.4 Å². The standard InChI is InChI=1S/C16H12Cl2N2O2S2/c1-24(21,22)10-5-6-15-11(7-10)16(20-9-19-15)23-8-12-13(17)3-2-4-14(12)18/h2-7,9H,8H2,1H3. The summed E-state index contributed by atoms with van der Waals surface area (Å²) in [5.74, 6) is 0.522. The third kappa shape index (κ3) is 3.67. The summed E-state index contributed by atoms with van der Waals surface area (Å²) < 4.78 is 23.5. The molecule has 0 bridgehead atoms. The average molecular weight is 399 g/mol. The van der Waals surface area contributed by atoms with Gasteiger partial charge in [0.15, 0.2) is 9.84 Å². The van der Waals surface area contributed by atoms with E-state index in [2.05, 4.69) is 9.97 Å². The maximum atomic E-state index is 11.8. The van der Waals surface area contributed by atoms with Crippen molar-refractivity contribution in [3.63, 3.8) is 0 Å². The SMILES string of the molecule is CS(=O)(=O)c1ccc2ncnc(SCc3c(Cl)cccc3Cl)c2c1. The molecular formula is C16H12Cl2N2O2S2. The van der Waals surface area contributed by atoms with Crippen LogP contribution in [0.5, 0.6) is 0 Å². The van der Waals surface area contributed by atoms with Crippen LogP contribution >= 0.6 is 35.0 Å². The predicted octanol–water partition coefficient (Wildman–Crippen LogP) is 4.63. The van der Waals surface area contributed by atoms with Crippen LogP contribution in [0.3, 0.4) is 0 Å². The first-order chi connectivity index (χ1) is 11.4. The number of hydrogen-bond acceptors (Lipinski definition) is 5. The van der Waals surface area contributed by atoms with Gasteiger partial charge in [0.25, 0.3) is 0 Å². The van der Waals surface area contributed by atoms with Gasteiger partial charge in [-0.05, 0) is 35.9 Å². The molecule has 0 aliphatic rings. The van der Waals surface area contributed by atoms with E-state index in [1.165, 1.54) is 24.3 Å². The quantitative estimate of drug-likeness (QED) is 0.473. The van der Waals surface area contributed by atoms with Crippen molar-refractivity contribution in [1.82, 2.24) is 9.97 Å². The summed E-state index contributed by atoms with van der Waals surface area (Å²) in [6, 6.07) is 10.2. The molecule has 3 aromatic rings. The largest absolute Gasteiger partial charge is 0.236 e. The van der Waals surface area contributed by atoms with Crippen molar-refractivity contribution < 1.29 is 8.42 Å². The lowest BCUT2D eigenvalue weighted by atomic mass is 10.2. The maximum absolute atomic E-state index is 11.8. The number of thioether (sulfide) groups is 1. The van der Waals surface area contributed by atoms with Crippen LogP contribution in [-0.2, 0) is 15.6 Å². The fourth-order valence-electron chi connectivity index (χ4n) is 2.17. The minimum Gasteiger partial charge on any atom is -0.236 e. The Labute approximate surface area is 154 Å². The first-order valence-corrected chi connectivity index (χ1v) is 10.5. The van der Waals surface area contributed by atoms with Gasteiger partial charge in [-0.25, -0.2) is 18.4 Å². The van der Waals surface area contributed by atoms with E-state index in [4.69, 9.17) is 23.2 Å². The first kappa shape index (κ1) is 17.5. The van der Waals surface area contributed by atoms with Crippen LogP contribution in [0.15, 0.2) is 52.6 Å². The summed E-state index contributed by atoms with van der Waals surface area (Å²) in [6.45, 7) is 0. The van der Waals surface area contributed by atoms with Crippen LogP contribution in [0.2, 0.25) is 10.0 Å². The molecule has 0 fully saturated rings. The molecule has 1 heterocycles. The molecule has 24 heavy (non-hydrogen) atoms. The van der Waals surface area contributed by atoms with Gasteiger partial charge in [0.2, 0.25) is 0 Å². The Morgan fingerprint density at radius 1 is 1.08 bits per heavy atom. The zero-order valence-corrected chi connectivity index (χ0v) is 15.7. The number of rotatable bonds is 4. The maximum Gasteiger partial charge on any atom is 0.175 e. The molecule has 0 radical (unpaired) electrons. The van der Waals surface area contributed by atoms with Crippen molar-refractivity contribution in [2.45, 2.75) is 15.7 Å². The van der Waals surface area contributed by atoms with Crippen molar-refractivity contribution >= 4 is 55.7 Å². The number of fused-ring (bicyclic) bond motifs is 1. The van der Waals surface area contributed by atoms with Gasteiger partial charge in [-0.15, -0.1) is 11.8 Å². The van der Waals surface area contributed by atoms with Crippen LogP contribution < -0.4 is 0 Å². The molecule has 0 amide bonds. The summed E-state index contributed by atoms with van der Waals surface area (Å²) in [4.78, 5) is 8.70. The van der Waals surface area contributed by atoms with E-state index in [0.29, 0.717) is 31.7 Å². The second-order valence-electron chi connectivity index (χ2n) is 5.12. The van der Waals surface area contributed by atoms with E-state index in [1.54, 1.807) is 36.4 Å². The van der Waals surface area contributed by atoms with Gasteiger partial charge in [-0.3, -0.25) is 0 Å². The molecule has 8 heteroatoms. The fourth-order valence-corrected chi connectivity index (χ4v) is 4.54. The van der Waals surface area contributed by atoms with Crippen LogP contribution in [0.1, 0.15) is 5.56 Å². The average Bonchev–Trinajstić information content (AvgIpc) is 2.53.